The number of esters is 1. The molecule has 0 radical (unpaired) electrons. The predicted octanol–water partition coefficient (Wildman–Crippen LogP) is 11.8. The van der Waals surface area contributed by atoms with Crippen molar-refractivity contribution in [3.05, 3.63) is 12.2 Å². The van der Waals surface area contributed by atoms with Gasteiger partial charge in [0.05, 0.1) is 13.2 Å². The Kier molecular flexibility index (Phi) is 35.6. The molecule has 1 unspecified atom stereocenters. The van der Waals surface area contributed by atoms with E-state index in [4.69, 9.17) is 9.47 Å². The van der Waals surface area contributed by atoms with E-state index in [0.717, 1.165) is 19.3 Å². The van der Waals surface area contributed by atoms with Gasteiger partial charge < -0.3 is 14.6 Å². The van der Waals surface area contributed by atoms with Crippen molar-refractivity contribution in [2.45, 2.75) is 206 Å². The zero-order chi connectivity index (χ0) is 30.6. The summed E-state index contributed by atoms with van der Waals surface area (Å²) in [5.74, 6) is -0.203. The van der Waals surface area contributed by atoms with Crippen LogP contribution in [0.15, 0.2) is 12.2 Å². The van der Waals surface area contributed by atoms with Crippen molar-refractivity contribution in [3.8, 4) is 0 Å². The van der Waals surface area contributed by atoms with Gasteiger partial charge in [0.1, 0.15) is 6.10 Å². The molecule has 0 aromatic heterocycles. The lowest BCUT2D eigenvalue weighted by molar-refractivity contribution is -0.154. The molecular weight excluding hydrogens is 520 g/mol. The maximum absolute atomic E-state index is 12.1. The highest BCUT2D eigenvalue weighted by atomic mass is 16.6. The fourth-order valence-corrected chi connectivity index (χ4v) is 5.50. The molecule has 0 rings (SSSR count). The molecule has 0 aliphatic rings. The molecule has 0 saturated heterocycles. The number of aliphatic hydroxyl groups is 1. The summed E-state index contributed by atoms with van der Waals surface area (Å²) in [7, 11) is 0. The highest BCUT2D eigenvalue weighted by Crippen LogP contribution is 2.14. The molecule has 0 heterocycles. The average Bonchev–Trinajstić information content (AvgIpc) is 3.00. The lowest BCUT2D eigenvalue weighted by Gasteiger charge is -2.16. The smallest absolute Gasteiger partial charge is 0.306 e. The quantitative estimate of drug-likeness (QED) is 0.0450. The summed E-state index contributed by atoms with van der Waals surface area (Å²) < 4.78 is 11.1. The first-order valence-corrected chi connectivity index (χ1v) is 18.8. The Balaban J connectivity index is 3.41. The molecule has 4 heteroatoms. The third-order valence-corrected chi connectivity index (χ3v) is 8.34. The van der Waals surface area contributed by atoms with Crippen LogP contribution in [0.1, 0.15) is 200 Å². The largest absolute Gasteiger partial charge is 0.457 e. The number of allylic oxidation sites excluding steroid dienone is 2. The second kappa shape index (κ2) is 36.3. The van der Waals surface area contributed by atoms with Crippen LogP contribution in [-0.2, 0) is 14.3 Å². The zero-order valence-corrected chi connectivity index (χ0v) is 28.5. The number of carbonyl (C=O) groups excluding carboxylic acids is 1. The van der Waals surface area contributed by atoms with Crippen LogP contribution < -0.4 is 0 Å². The van der Waals surface area contributed by atoms with Crippen molar-refractivity contribution in [1.29, 1.82) is 0 Å². The Morgan fingerprint density at radius 1 is 0.548 bits per heavy atom. The van der Waals surface area contributed by atoms with E-state index in [1.54, 1.807) is 0 Å². The fourth-order valence-electron chi connectivity index (χ4n) is 5.50. The van der Waals surface area contributed by atoms with E-state index in [2.05, 4.69) is 26.0 Å². The van der Waals surface area contributed by atoms with Crippen molar-refractivity contribution in [3.63, 3.8) is 0 Å². The van der Waals surface area contributed by atoms with E-state index in [-0.39, 0.29) is 12.6 Å². The fraction of sp³-hybridized carbons (Fsp3) is 0.921. The van der Waals surface area contributed by atoms with Gasteiger partial charge in [0.15, 0.2) is 0 Å². The first-order valence-electron chi connectivity index (χ1n) is 18.8. The molecule has 4 nitrogen and oxygen atoms in total. The van der Waals surface area contributed by atoms with Crippen molar-refractivity contribution < 1.29 is 19.4 Å². The molecule has 0 aromatic rings. The summed E-state index contributed by atoms with van der Waals surface area (Å²) in [5.41, 5.74) is 0. The van der Waals surface area contributed by atoms with Gasteiger partial charge in [-0.15, -0.1) is 0 Å². The summed E-state index contributed by atoms with van der Waals surface area (Å²) in [5, 5.41) is 9.54. The second-order valence-corrected chi connectivity index (χ2v) is 12.7. The van der Waals surface area contributed by atoms with Gasteiger partial charge in [0, 0.05) is 13.0 Å². The van der Waals surface area contributed by atoms with Gasteiger partial charge in [0.25, 0.3) is 0 Å². The van der Waals surface area contributed by atoms with Crippen molar-refractivity contribution >= 4 is 5.97 Å². The molecule has 250 valence electrons. The summed E-state index contributed by atoms with van der Waals surface area (Å²) in [6.07, 6.45) is 41.1. The summed E-state index contributed by atoms with van der Waals surface area (Å²) in [6.45, 7) is 5.36. The van der Waals surface area contributed by atoms with Gasteiger partial charge in [0.2, 0.25) is 0 Å². The number of aliphatic hydroxyl groups excluding tert-OH is 1. The molecular formula is C38H74O4. The maximum atomic E-state index is 12.1. The van der Waals surface area contributed by atoms with Crippen molar-refractivity contribution in [2.24, 2.45) is 0 Å². The van der Waals surface area contributed by atoms with Crippen LogP contribution in [0.4, 0.5) is 0 Å². The molecule has 0 saturated carbocycles. The molecule has 0 spiro atoms. The van der Waals surface area contributed by atoms with Gasteiger partial charge in [-0.05, 0) is 38.5 Å². The Labute approximate surface area is 263 Å². The SMILES string of the molecule is CCCCCCCCC/C=C\CCCCCCCCCC(=O)OC(CO)COCCCCCCCCCCCCCC. The van der Waals surface area contributed by atoms with E-state index < -0.39 is 6.10 Å². The van der Waals surface area contributed by atoms with Crippen molar-refractivity contribution in [2.75, 3.05) is 19.8 Å². The third kappa shape index (κ3) is 33.6. The minimum absolute atomic E-state index is 0.168. The third-order valence-electron chi connectivity index (χ3n) is 8.34. The van der Waals surface area contributed by atoms with E-state index in [0.29, 0.717) is 19.6 Å². The first-order chi connectivity index (χ1) is 20.7. The summed E-state index contributed by atoms with van der Waals surface area (Å²) >= 11 is 0. The lowest BCUT2D eigenvalue weighted by Crippen LogP contribution is -2.27. The van der Waals surface area contributed by atoms with E-state index in [9.17, 15) is 9.90 Å². The predicted molar refractivity (Wildman–Crippen MR) is 182 cm³/mol. The van der Waals surface area contributed by atoms with Crippen LogP contribution in [0.25, 0.3) is 0 Å². The average molecular weight is 595 g/mol. The van der Waals surface area contributed by atoms with Crippen LogP contribution in [0, 0.1) is 0 Å². The Morgan fingerprint density at radius 2 is 0.929 bits per heavy atom. The molecule has 0 fully saturated rings. The van der Waals surface area contributed by atoms with Crippen LogP contribution >= 0.6 is 0 Å². The van der Waals surface area contributed by atoms with E-state index in [1.807, 2.05) is 0 Å². The Morgan fingerprint density at radius 3 is 1.36 bits per heavy atom. The number of hydrogen-bond donors (Lipinski definition) is 1. The van der Waals surface area contributed by atoms with Crippen LogP contribution in [0.2, 0.25) is 0 Å². The minimum atomic E-state index is -0.528. The normalized spacial score (nSPS) is 12.4. The summed E-state index contributed by atoms with van der Waals surface area (Å²) in [6, 6.07) is 0. The van der Waals surface area contributed by atoms with Crippen LogP contribution in [-0.4, -0.2) is 37.0 Å². The van der Waals surface area contributed by atoms with Gasteiger partial charge in [-0.2, -0.15) is 0 Å². The molecule has 1 N–H and O–H groups in total. The second-order valence-electron chi connectivity index (χ2n) is 12.7. The topological polar surface area (TPSA) is 55.8 Å². The highest BCUT2D eigenvalue weighted by Gasteiger charge is 2.13. The maximum Gasteiger partial charge on any atom is 0.306 e. The summed E-state index contributed by atoms with van der Waals surface area (Å²) in [4.78, 5) is 12.1. The Bertz CT molecular complexity index is 547. The van der Waals surface area contributed by atoms with Gasteiger partial charge >= 0.3 is 5.97 Å². The monoisotopic (exact) mass is 595 g/mol. The van der Waals surface area contributed by atoms with Crippen LogP contribution in [0.3, 0.4) is 0 Å². The molecule has 0 amide bonds. The lowest BCUT2D eigenvalue weighted by atomic mass is 10.1. The van der Waals surface area contributed by atoms with Crippen LogP contribution in [0.5, 0.6) is 0 Å². The standard InChI is InChI=1S/C38H74O4/c1-3-5-7-9-11-13-15-17-18-19-20-21-22-23-25-27-29-31-33-38(40)42-37(35-39)36-41-34-32-30-28-26-24-16-14-12-10-8-6-4-2/h18-19,37,39H,3-17,20-36H2,1-2H3/b19-18-. The van der Waals surface area contributed by atoms with Gasteiger partial charge in [-0.1, -0.05) is 167 Å². The van der Waals surface area contributed by atoms with E-state index in [1.165, 1.54) is 161 Å². The first kappa shape index (κ1) is 41.1. The number of hydrogen-bond acceptors (Lipinski definition) is 4. The number of rotatable bonds is 35. The van der Waals surface area contributed by atoms with Crippen molar-refractivity contribution in [1.82, 2.24) is 0 Å². The van der Waals surface area contributed by atoms with Gasteiger partial charge in [-0.3, -0.25) is 4.79 Å². The molecule has 0 aliphatic carbocycles. The highest BCUT2D eigenvalue weighted by molar-refractivity contribution is 5.69. The van der Waals surface area contributed by atoms with E-state index >= 15 is 0 Å². The number of carbonyl (C=O) groups is 1. The molecule has 42 heavy (non-hydrogen) atoms. The van der Waals surface area contributed by atoms with Gasteiger partial charge in [-0.25, -0.2) is 0 Å². The minimum Gasteiger partial charge on any atom is -0.457 e. The Hall–Kier alpha value is -0.870. The number of ether oxygens (including phenoxy) is 2. The zero-order valence-electron chi connectivity index (χ0n) is 28.5. The molecule has 0 aromatic carbocycles. The molecule has 0 bridgehead atoms. The molecule has 1 atom stereocenters. The molecule has 0 aliphatic heterocycles. The number of unbranched alkanes of at least 4 members (excludes halogenated alkanes) is 25.